The molecular formula is C13H19Br2N3. The summed E-state index contributed by atoms with van der Waals surface area (Å²) in [4.78, 5) is 6.82. The number of piperidine rings is 1. The average molecular weight is 377 g/mol. The standard InChI is InChI=1S/C13H19Br2N3/c1-18(8-10-3-2-4-16-6-10)9-13-12(15)5-11(14)7-17-13/h5,7,10,16H,2-4,6,8-9H2,1H3. The van der Waals surface area contributed by atoms with Gasteiger partial charge >= 0.3 is 0 Å². The van der Waals surface area contributed by atoms with Crippen LogP contribution < -0.4 is 5.32 Å². The molecule has 1 saturated heterocycles. The number of pyridine rings is 1. The number of nitrogens with zero attached hydrogens (tertiary/aromatic N) is 2. The molecule has 0 bridgehead atoms. The molecule has 1 aromatic rings. The van der Waals surface area contributed by atoms with E-state index < -0.39 is 0 Å². The summed E-state index contributed by atoms with van der Waals surface area (Å²) in [7, 11) is 2.17. The van der Waals surface area contributed by atoms with Crippen LogP contribution in [0.15, 0.2) is 21.2 Å². The van der Waals surface area contributed by atoms with Gasteiger partial charge in [-0.2, -0.15) is 0 Å². The molecule has 0 aromatic carbocycles. The molecule has 2 heterocycles. The van der Waals surface area contributed by atoms with Gasteiger partial charge in [0.2, 0.25) is 0 Å². The summed E-state index contributed by atoms with van der Waals surface area (Å²) in [5.41, 5.74) is 1.10. The first-order chi connectivity index (χ1) is 8.65. The van der Waals surface area contributed by atoms with E-state index in [1.54, 1.807) is 0 Å². The molecule has 1 N–H and O–H groups in total. The van der Waals surface area contributed by atoms with E-state index in [1.165, 1.54) is 19.4 Å². The van der Waals surface area contributed by atoms with Crippen molar-refractivity contribution in [3.63, 3.8) is 0 Å². The third kappa shape index (κ3) is 4.30. The van der Waals surface area contributed by atoms with Gasteiger partial charge in [-0.05, 0) is 76.8 Å². The first-order valence-corrected chi connectivity index (χ1v) is 7.93. The van der Waals surface area contributed by atoms with Gasteiger partial charge in [-0.3, -0.25) is 4.98 Å². The van der Waals surface area contributed by atoms with Crippen LogP contribution in [0.3, 0.4) is 0 Å². The highest BCUT2D eigenvalue weighted by atomic mass is 79.9. The molecular weight excluding hydrogens is 358 g/mol. The Morgan fingerprint density at radius 2 is 2.33 bits per heavy atom. The van der Waals surface area contributed by atoms with E-state index in [9.17, 15) is 0 Å². The molecule has 0 saturated carbocycles. The molecule has 0 amide bonds. The average Bonchev–Trinajstić information content (AvgIpc) is 2.34. The van der Waals surface area contributed by atoms with Crippen LogP contribution >= 0.6 is 31.9 Å². The molecule has 1 unspecified atom stereocenters. The van der Waals surface area contributed by atoms with E-state index >= 15 is 0 Å². The maximum absolute atomic E-state index is 4.46. The first kappa shape index (κ1) is 14.4. The highest BCUT2D eigenvalue weighted by Crippen LogP contribution is 2.21. The van der Waals surface area contributed by atoms with Crippen molar-refractivity contribution in [3.05, 3.63) is 26.9 Å². The van der Waals surface area contributed by atoms with Gasteiger partial charge in [0, 0.05) is 28.2 Å². The molecule has 2 rings (SSSR count). The molecule has 1 atom stereocenters. The molecule has 1 aliphatic heterocycles. The Hall–Kier alpha value is 0.0300. The van der Waals surface area contributed by atoms with Gasteiger partial charge < -0.3 is 10.2 Å². The summed E-state index contributed by atoms with van der Waals surface area (Å²) >= 11 is 7.00. The van der Waals surface area contributed by atoms with E-state index in [4.69, 9.17) is 0 Å². The van der Waals surface area contributed by atoms with Gasteiger partial charge in [0.1, 0.15) is 0 Å². The summed E-state index contributed by atoms with van der Waals surface area (Å²) in [6.45, 7) is 4.36. The van der Waals surface area contributed by atoms with Crippen LogP contribution in [0.2, 0.25) is 0 Å². The number of aromatic nitrogens is 1. The molecule has 1 aliphatic rings. The highest BCUT2D eigenvalue weighted by Gasteiger charge is 2.15. The van der Waals surface area contributed by atoms with Crippen molar-refractivity contribution >= 4 is 31.9 Å². The van der Waals surface area contributed by atoms with Crippen molar-refractivity contribution in [2.45, 2.75) is 19.4 Å². The second kappa shape index (κ2) is 6.98. The smallest absolute Gasteiger partial charge is 0.0686 e. The van der Waals surface area contributed by atoms with E-state index in [-0.39, 0.29) is 0 Å². The molecule has 0 spiro atoms. The lowest BCUT2D eigenvalue weighted by Crippen LogP contribution is -2.36. The Balaban J connectivity index is 1.87. The van der Waals surface area contributed by atoms with Gasteiger partial charge in [-0.1, -0.05) is 0 Å². The van der Waals surface area contributed by atoms with Crippen LogP contribution in [0.25, 0.3) is 0 Å². The molecule has 0 aliphatic carbocycles. The SMILES string of the molecule is CN(Cc1ncc(Br)cc1Br)CC1CCCNC1. The Labute approximate surface area is 126 Å². The summed E-state index contributed by atoms with van der Waals surface area (Å²) < 4.78 is 2.09. The molecule has 1 aromatic heterocycles. The van der Waals surface area contributed by atoms with E-state index in [0.717, 1.165) is 40.2 Å². The van der Waals surface area contributed by atoms with Crippen LogP contribution in [0.4, 0.5) is 0 Å². The number of hydrogen-bond donors (Lipinski definition) is 1. The molecule has 100 valence electrons. The monoisotopic (exact) mass is 375 g/mol. The largest absolute Gasteiger partial charge is 0.316 e. The van der Waals surface area contributed by atoms with E-state index in [0.29, 0.717) is 0 Å². The van der Waals surface area contributed by atoms with Crippen LogP contribution in [0.5, 0.6) is 0 Å². The van der Waals surface area contributed by atoms with Crippen molar-refractivity contribution in [1.82, 2.24) is 15.2 Å². The zero-order chi connectivity index (χ0) is 13.0. The maximum Gasteiger partial charge on any atom is 0.0686 e. The Bertz CT molecular complexity index is 392. The number of hydrogen-bond acceptors (Lipinski definition) is 3. The minimum Gasteiger partial charge on any atom is -0.316 e. The van der Waals surface area contributed by atoms with Gasteiger partial charge in [0.05, 0.1) is 5.69 Å². The van der Waals surface area contributed by atoms with Crippen LogP contribution in [-0.2, 0) is 6.54 Å². The van der Waals surface area contributed by atoms with Gasteiger partial charge in [0.15, 0.2) is 0 Å². The van der Waals surface area contributed by atoms with Crippen molar-refractivity contribution in [1.29, 1.82) is 0 Å². The Kier molecular flexibility index (Phi) is 5.60. The molecule has 18 heavy (non-hydrogen) atoms. The first-order valence-electron chi connectivity index (χ1n) is 6.34. The number of nitrogens with one attached hydrogen (secondary N) is 1. The lowest BCUT2D eigenvalue weighted by atomic mass is 9.99. The summed E-state index contributed by atoms with van der Waals surface area (Å²) in [6.07, 6.45) is 4.50. The number of halogens is 2. The quantitative estimate of drug-likeness (QED) is 0.875. The zero-order valence-corrected chi connectivity index (χ0v) is 13.8. The third-order valence-corrected chi connectivity index (χ3v) is 4.39. The highest BCUT2D eigenvalue weighted by molar-refractivity contribution is 9.11. The summed E-state index contributed by atoms with van der Waals surface area (Å²) in [5, 5.41) is 3.47. The summed E-state index contributed by atoms with van der Waals surface area (Å²) in [6, 6.07) is 2.05. The zero-order valence-electron chi connectivity index (χ0n) is 10.6. The van der Waals surface area contributed by atoms with Crippen LogP contribution in [0, 0.1) is 5.92 Å². The Morgan fingerprint density at radius 3 is 3.00 bits per heavy atom. The fraction of sp³-hybridized carbons (Fsp3) is 0.615. The predicted molar refractivity (Wildman–Crippen MR) is 81.6 cm³/mol. The predicted octanol–water partition coefficient (Wildman–Crippen LogP) is 3.04. The van der Waals surface area contributed by atoms with Crippen molar-refractivity contribution in [2.75, 3.05) is 26.7 Å². The van der Waals surface area contributed by atoms with Crippen molar-refractivity contribution in [3.8, 4) is 0 Å². The molecule has 3 nitrogen and oxygen atoms in total. The minimum absolute atomic E-state index is 0.776. The fourth-order valence-corrected chi connectivity index (χ4v) is 3.51. The maximum atomic E-state index is 4.46. The summed E-state index contributed by atoms with van der Waals surface area (Å²) in [5.74, 6) is 0.776. The molecule has 1 fully saturated rings. The lowest BCUT2D eigenvalue weighted by Gasteiger charge is -2.27. The second-order valence-electron chi connectivity index (χ2n) is 4.99. The fourth-order valence-electron chi connectivity index (χ4n) is 2.40. The van der Waals surface area contributed by atoms with E-state index in [1.807, 2.05) is 6.20 Å². The normalized spacial score (nSPS) is 20.3. The van der Waals surface area contributed by atoms with Gasteiger partial charge in [-0.25, -0.2) is 0 Å². The van der Waals surface area contributed by atoms with E-state index in [2.05, 4.69) is 60.2 Å². The van der Waals surface area contributed by atoms with Crippen molar-refractivity contribution in [2.24, 2.45) is 5.92 Å². The van der Waals surface area contributed by atoms with Crippen molar-refractivity contribution < 1.29 is 0 Å². The van der Waals surface area contributed by atoms with Gasteiger partial charge in [-0.15, -0.1) is 0 Å². The third-order valence-electron chi connectivity index (χ3n) is 3.27. The van der Waals surface area contributed by atoms with Gasteiger partial charge in [0.25, 0.3) is 0 Å². The molecule has 0 radical (unpaired) electrons. The molecule has 5 heteroatoms. The lowest BCUT2D eigenvalue weighted by molar-refractivity contribution is 0.235. The topological polar surface area (TPSA) is 28.2 Å². The van der Waals surface area contributed by atoms with Crippen LogP contribution in [0.1, 0.15) is 18.5 Å². The Morgan fingerprint density at radius 1 is 1.50 bits per heavy atom. The van der Waals surface area contributed by atoms with Crippen LogP contribution in [-0.4, -0.2) is 36.6 Å². The minimum atomic E-state index is 0.776. The number of rotatable bonds is 4. The second-order valence-corrected chi connectivity index (χ2v) is 6.76.